The number of hydrogen-bond acceptors (Lipinski definition) is 4. The topological polar surface area (TPSA) is 46.6 Å². The second kappa shape index (κ2) is 11.4. The maximum absolute atomic E-state index is 12.5. The number of ether oxygens (including phenoxy) is 1. The number of nitrogens with zero attached hydrogens (tertiary/aromatic N) is 1. The van der Waals surface area contributed by atoms with Crippen molar-refractivity contribution in [2.24, 2.45) is 0 Å². The highest BCUT2D eigenvalue weighted by molar-refractivity contribution is 7.14. The van der Waals surface area contributed by atoms with Gasteiger partial charge in [-0.1, -0.05) is 38.1 Å². The Bertz CT molecular complexity index is 819. The predicted molar refractivity (Wildman–Crippen MR) is 122 cm³/mol. The van der Waals surface area contributed by atoms with Crippen molar-refractivity contribution < 1.29 is 14.3 Å². The second-order valence-electron chi connectivity index (χ2n) is 8.29. The van der Waals surface area contributed by atoms with Crippen LogP contribution in [-0.2, 0) is 22.4 Å². The molecule has 3 rings (SSSR count). The van der Waals surface area contributed by atoms with Crippen molar-refractivity contribution in [1.82, 2.24) is 4.90 Å². The maximum atomic E-state index is 12.5. The molecular formula is C25H33NO3S. The van der Waals surface area contributed by atoms with Gasteiger partial charge in [0.05, 0.1) is 18.1 Å². The normalized spacial score (nSPS) is 14.3. The molecule has 2 aromatic rings. The Morgan fingerprint density at radius 2 is 1.70 bits per heavy atom. The van der Waals surface area contributed by atoms with E-state index in [1.54, 1.807) is 11.3 Å². The van der Waals surface area contributed by atoms with Gasteiger partial charge in [0, 0.05) is 30.8 Å². The van der Waals surface area contributed by atoms with E-state index in [0.29, 0.717) is 51.5 Å². The Kier molecular flexibility index (Phi) is 8.64. The van der Waals surface area contributed by atoms with Crippen LogP contribution >= 0.6 is 11.3 Å². The summed E-state index contributed by atoms with van der Waals surface area (Å²) in [6, 6.07) is 13.0. The first kappa shape index (κ1) is 22.7. The van der Waals surface area contributed by atoms with Gasteiger partial charge in [-0.25, -0.2) is 0 Å². The van der Waals surface area contributed by atoms with E-state index >= 15 is 0 Å². The lowest BCUT2D eigenvalue weighted by Gasteiger charge is -2.26. The van der Waals surface area contributed by atoms with E-state index in [4.69, 9.17) is 4.74 Å². The number of aryl methyl sites for hydroxylation is 2. The smallest absolute Gasteiger partial charge is 0.222 e. The molecule has 1 amide bonds. The van der Waals surface area contributed by atoms with Gasteiger partial charge in [-0.05, 0) is 54.9 Å². The molecule has 4 nitrogen and oxygen atoms in total. The molecule has 0 bridgehead atoms. The summed E-state index contributed by atoms with van der Waals surface area (Å²) in [5.74, 6) is 0.864. The highest BCUT2D eigenvalue weighted by atomic mass is 32.1. The van der Waals surface area contributed by atoms with Crippen LogP contribution in [0.25, 0.3) is 0 Å². The number of morpholine rings is 1. The minimum Gasteiger partial charge on any atom is -0.378 e. The van der Waals surface area contributed by atoms with Crippen LogP contribution in [0.4, 0.5) is 0 Å². The van der Waals surface area contributed by atoms with Gasteiger partial charge in [0.25, 0.3) is 0 Å². The van der Waals surface area contributed by atoms with E-state index < -0.39 is 0 Å². The Labute approximate surface area is 184 Å². The van der Waals surface area contributed by atoms with E-state index in [9.17, 15) is 9.59 Å². The summed E-state index contributed by atoms with van der Waals surface area (Å²) in [5, 5.41) is 0. The molecule has 162 valence electrons. The first-order valence-electron chi connectivity index (χ1n) is 11.1. The summed E-state index contributed by atoms with van der Waals surface area (Å²) in [5.41, 5.74) is 2.75. The fraction of sp³-hybridized carbons (Fsp3) is 0.520. The number of hydrogen-bond donors (Lipinski definition) is 0. The lowest BCUT2D eigenvalue weighted by atomic mass is 10.00. The average molecular weight is 428 g/mol. The molecule has 1 aromatic carbocycles. The van der Waals surface area contributed by atoms with E-state index in [-0.39, 0.29) is 11.7 Å². The number of thiophene rings is 1. The van der Waals surface area contributed by atoms with Gasteiger partial charge in [0.15, 0.2) is 5.78 Å². The lowest BCUT2D eigenvalue weighted by Crippen LogP contribution is -2.40. The van der Waals surface area contributed by atoms with Crippen LogP contribution in [0.2, 0.25) is 0 Å². The largest absolute Gasteiger partial charge is 0.378 e. The van der Waals surface area contributed by atoms with Crippen LogP contribution in [-0.4, -0.2) is 42.9 Å². The SMILES string of the molecule is CC(C)c1ccc(CCCc2ccc(C(=O)CCCC(=O)N3CCOCC3)s2)cc1. The van der Waals surface area contributed by atoms with Crippen molar-refractivity contribution in [3.63, 3.8) is 0 Å². The first-order valence-corrected chi connectivity index (χ1v) is 11.9. The predicted octanol–water partition coefficient (Wildman–Crippen LogP) is 5.26. The molecule has 0 atom stereocenters. The summed E-state index contributed by atoms with van der Waals surface area (Å²) >= 11 is 1.61. The summed E-state index contributed by atoms with van der Waals surface area (Å²) in [6.45, 7) is 7.00. The van der Waals surface area contributed by atoms with Crippen molar-refractivity contribution in [3.05, 3.63) is 57.3 Å². The zero-order chi connectivity index (χ0) is 21.3. The molecule has 0 aliphatic carbocycles. The van der Waals surface area contributed by atoms with Crippen molar-refractivity contribution in [3.8, 4) is 0 Å². The Balaban J connectivity index is 1.37. The summed E-state index contributed by atoms with van der Waals surface area (Å²) < 4.78 is 5.27. The van der Waals surface area contributed by atoms with Gasteiger partial charge in [0.2, 0.25) is 5.91 Å². The van der Waals surface area contributed by atoms with Crippen LogP contribution in [0.3, 0.4) is 0 Å². The number of rotatable bonds is 10. The molecule has 0 unspecified atom stereocenters. The highest BCUT2D eigenvalue weighted by Crippen LogP contribution is 2.22. The molecule has 2 heterocycles. The molecule has 0 N–H and O–H groups in total. The molecule has 0 saturated carbocycles. The molecule has 5 heteroatoms. The zero-order valence-electron chi connectivity index (χ0n) is 18.2. The van der Waals surface area contributed by atoms with E-state index in [0.717, 1.165) is 24.1 Å². The summed E-state index contributed by atoms with van der Waals surface area (Å²) in [6.07, 6.45) is 4.65. The molecule has 1 saturated heterocycles. The van der Waals surface area contributed by atoms with Gasteiger partial charge in [-0.15, -0.1) is 11.3 Å². The molecule has 0 spiro atoms. The van der Waals surface area contributed by atoms with Crippen LogP contribution in [0, 0.1) is 0 Å². The van der Waals surface area contributed by atoms with Gasteiger partial charge < -0.3 is 9.64 Å². The Hall–Kier alpha value is -1.98. The van der Waals surface area contributed by atoms with Crippen molar-refractivity contribution in [1.29, 1.82) is 0 Å². The molecular weight excluding hydrogens is 394 g/mol. The summed E-state index contributed by atoms with van der Waals surface area (Å²) in [4.78, 5) is 28.6. The van der Waals surface area contributed by atoms with Gasteiger partial charge in [-0.2, -0.15) is 0 Å². The minimum absolute atomic E-state index is 0.138. The number of amides is 1. The second-order valence-corrected chi connectivity index (χ2v) is 9.45. The number of carbonyl (C=O) groups excluding carboxylic acids is 2. The van der Waals surface area contributed by atoms with Crippen LogP contribution < -0.4 is 0 Å². The average Bonchev–Trinajstić information content (AvgIpc) is 3.23. The standard InChI is InChI=1S/C25H33NO3S/c1-19(2)21-11-9-20(10-12-21)5-3-6-22-13-14-24(30-22)23(27)7-4-8-25(28)26-15-17-29-18-16-26/h9-14,19H,3-8,15-18H2,1-2H3. The van der Waals surface area contributed by atoms with Crippen molar-refractivity contribution in [2.75, 3.05) is 26.3 Å². The maximum Gasteiger partial charge on any atom is 0.222 e. The van der Waals surface area contributed by atoms with E-state index in [1.165, 1.54) is 16.0 Å². The van der Waals surface area contributed by atoms with Gasteiger partial charge in [0.1, 0.15) is 0 Å². The van der Waals surface area contributed by atoms with Crippen molar-refractivity contribution in [2.45, 2.75) is 58.3 Å². The summed E-state index contributed by atoms with van der Waals surface area (Å²) in [7, 11) is 0. The quantitative estimate of drug-likeness (QED) is 0.486. The molecule has 1 aliphatic heterocycles. The van der Waals surface area contributed by atoms with E-state index in [1.807, 2.05) is 11.0 Å². The molecule has 0 radical (unpaired) electrons. The third-order valence-corrected chi connectivity index (χ3v) is 6.82. The fourth-order valence-corrected chi connectivity index (χ4v) is 4.71. The molecule has 30 heavy (non-hydrogen) atoms. The van der Waals surface area contributed by atoms with Crippen LogP contribution in [0.1, 0.15) is 71.1 Å². The first-order chi connectivity index (χ1) is 14.5. The fourth-order valence-electron chi connectivity index (χ4n) is 3.69. The zero-order valence-corrected chi connectivity index (χ0v) is 19.0. The lowest BCUT2D eigenvalue weighted by molar-refractivity contribution is -0.135. The monoisotopic (exact) mass is 427 g/mol. The third kappa shape index (κ3) is 6.78. The Morgan fingerprint density at radius 1 is 0.967 bits per heavy atom. The van der Waals surface area contributed by atoms with Crippen LogP contribution in [0.15, 0.2) is 36.4 Å². The number of carbonyl (C=O) groups is 2. The highest BCUT2D eigenvalue weighted by Gasteiger charge is 2.17. The number of benzene rings is 1. The molecule has 1 aliphatic rings. The van der Waals surface area contributed by atoms with E-state index in [2.05, 4.69) is 44.2 Å². The Morgan fingerprint density at radius 3 is 2.40 bits per heavy atom. The molecule has 1 aromatic heterocycles. The minimum atomic E-state index is 0.138. The van der Waals surface area contributed by atoms with Gasteiger partial charge in [-0.3, -0.25) is 9.59 Å². The molecule has 1 fully saturated rings. The van der Waals surface area contributed by atoms with Gasteiger partial charge >= 0.3 is 0 Å². The number of ketones is 1. The third-order valence-electron chi connectivity index (χ3n) is 5.63. The number of Topliss-reactive ketones (excluding diaryl/α,β-unsaturated/α-hetero) is 1. The van der Waals surface area contributed by atoms with Crippen LogP contribution in [0.5, 0.6) is 0 Å². The van der Waals surface area contributed by atoms with Crippen molar-refractivity contribution >= 4 is 23.0 Å².